The lowest BCUT2D eigenvalue weighted by molar-refractivity contribution is -0.121. The van der Waals surface area contributed by atoms with Gasteiger partial charge in [0.05, 0.1) is 11.5 Å². The van der Waals surface area contributed by atoms with Gasteiger partial charge in [0.1, 0.15) is 0 Å². The molecular weight excluding hydrogens is 305 g/mol. The summed E-state index contributed by atoms with van der Waals surface area (Å²) in [6.07, 6.45) is 7.68. The molecule has 0 radical (unpaired) electrons. The second-order valence-electron chi connectivity index (χ2n) is 7.73. The highest BCUT2D eigenvalue weighted by molar-refractivity contribution is 6.21. The van der Waals surface area contributed by atoms with E-state index in [0.29, 0.717) is 0 Å². The van der Waals surface area contributed by atoms with Crippen molar-refractivity contribution in [3.8, 4) is 0 Å². The molecule has 4 saturated carbocycles. The van der Waals surface area contributed by atoms with Crippen LogP contribution in [0, 0.1) is 23.2 Å². The molecule has 124 valence electrons. The fraction of sp³-hybridized carbons (Fsp3) is 1.00. The van der Waals surface area contributed by atoms with Gasteiger partial charge in [0.2, 0.25) is 0 Å². The number of aliphatic hydroxyl groups is 1. The third-order valence-electron chi connectivity index (χ3n) is 6.38. The third-order valence-corrected chi connectivity index (χ3v) is 6.76. The first kappa shape index (κ1) is 17.8. The van der Waals surface area contributed by atoms with E-state index in [-0.39, 0.29) is 29.3 Å². The van der Waals surface area contributed by atoms with Gasteiger partial charge >= 0.3 is 0 Å². The maximum absolute atomic E-state index is 11.0. The molecular formula is C17H31Cl2NO. The number of aliphatic hydroxyl groups excluding tert-OH is 1. The lowest BCUT2D eigenvalue weighted by Crippen LogP contribution is -2.55. The van der Waals surface area contributed by atoms with Crippen LogP contribution in [0.25, 0.3) is 0 Å². The Morgan fingerprint density at radius 1 is 1.05 bits per heavy atom. The van der Waals surface area contributed by atoms with E-state index in [0.717, 1.165) is 37.4 Å². The predicted octanol–water partition coefficient (Wildman–Crippen LogP) is 3.93. The third kappa shape index (κ3) is 3.39. The molecule has 21 heavy (non-hydrogen) atoms. The minimum atomic E-state index is -0.307. The van der Waals surface area contributed by atoms with E-state index >= 15 is 0 Å². The van der Waals surface area contributed by atoms with Crippen LogP contribution < -0.4 is 0 Å². The average Bonchev–Trinajstić information content (AvgIpc) is 2.42. The van der Waals surface area contributed by atoms with Crippen molar-refractivity contribution in [2.75, 3.05) is 19.6 Å². The van der Waals surface area contributed by atoms with Gasteiger partial charge in [-0.2, -0.15) is 0 Å². The molecule has 4 rings (SSSR count). The smallest absolute Gasteiger partial charge is 0.0772 e. The van der Waals surface area contributed by atoms with Crippen molar-refractivity contribution in [3.05, 3.63) is 0 Å². The van der Waals surface area contributed by atoms with E-state index < -0.39 is 0 Å². The van der Waals surface area contributed by atoms with Crippen molar-refractivity contribution in [2.24, 2.45) is 23.2 Å². The Hall–Kier alpha value is 0.500. The highest BCUT2D eigenvalue weighted by Crippen LogP contribution is 2.61. The van der Waals surface area contributed by atoms with E-state index in [1.54, 1.807) is 0 Å². The van der Waals surface area contributed by atoms with Gasteiger partial charge in [0.15, 0.2) is 0 Å². The number of alkyl halides is 1. The van der Waals surface area contributed by atoms with Gasteiger partial charge in [0, 0.05) is 6.54 Å². The molecule has 0 saturated heterocycles. The van der Waals surface area contributed by atoms with Gasteiger partial charge in [-0.05, 0) is 74.8 Å². The zero-order valence-electron chi connectivity index (χ0n) is 13.4. The van der Waals surface area contributed by atoms with Crippen LogP contribution in [0.4, 0.5) is 0 Å². The summed E-state index contributed by atoms with van der Waals surface area (Å²) in [6.45, 7) is 7.21. The van der Waals surface area contributed by atoms with E-state index in [1.807, 2.05) is 0 Å². The maximum Gasteiger partial charge on any atom is 0.0772 e. The van der Waals surface area contributed by atoms with E-state index in [2.05, 4.69) is 18.7 Å². The highest BCUT2D eigenvalue weighted by Gasteiger charge is 2.55. The Morgan fingerprint density at radius 2 is 1.48 bits per heavy atom. The van der Waals surface area contributed by atoms with Crippen LogP contribution in [0.5, 0.6) is 0 Å². The minimum absolute atomic E-state index is 0. The van der Waals surface area contributed by atoms with Gasteiger partial charge in [0.25, 0.3) is 0 Å². The molecule has 4 aliphatic rings. The first-order chi connectivity index (χ1) is 9.56. The summed E-state index contributed by atoms with van der Waals surface area (Å²) in [5.74, 6) is 2.65. The van der Waals surface area contributed by atoms with Gasteiger partial charge in [-0.25, -0.2) is 0 Å². The fourth-order valence-corrected chi connectivity index (χ4v) is 6.21. The number of rotatable bonds is 6. The fourth-order valence-electron chi connectivity index (χ4n) is 5.75. The molecule has 0 spiro atoms. The standard InChI is InChI=1S/C17H30ClNO.ClH/c1-3-19(4-2)11-15(18)16(20)17-8-12-5-13(9-17)7-14(6-12)10-17;/h12-16,20H,3-11H2,1-2H3;1H/t12?,13?,14?,15-,16-,17?;/m0./s1. The highest BCUT2D eigenvalue weighted by atomic mass is 35.5. The zero-order chi connectivity index (χ0) is 14.3. The van der Waals surface area contributed by atoms with Crippen LogP contribution in [0.15, 0.2) is 0 Å². The largest absolute Gasteiger partial charge is 0.391 e. The molecule has 4 aliphatic carbocycles. The van der Waals surface area contributed by atoms with Crippen LogP contribution in [0.3, 0.4) is 0 Å². The van der Waals surface area contributed by atoms with Gasteiger partial charge in [-0.15, -0.1) is 24.0 Å². The van der Waals surface area contributed by atoms with Crippen molar-refractivity contribution in [3.63, 3.8) is 0 Å². The topological polar surface area (TPSA) is 23.5 Å². The van der Waals surface area contributed by atoms with Gasteiger partial charge in [-0.3, -0.25) is 0 Å². The monoisotopic (exact) mass is 335 g/mol. The van der Waals surface area contributed by atoms with Crippen molar-refractivity contribution in [1.82, 2.24) is 4.90 Å². The van der Waals surface area contributed by atoms with Crippen molar-refractivity contribution < 1.29 is 5.11 Å². The number of hydrogen-bond acceptors (Lipinski definition) is 2. The summed E-state index contributed by atoms with van der Waals surface area (Å²) < 4.78 is 0. The van der Waals surface area contributed by atoms with Crippen molar-refractivity contribution >= 4 is 24.0 Å². The zero-order valence-corrected chi connectivity index (χ0v) is 15.0. The summed E-state index contributed by atoms with van der Waals surface area (Å²) in [6, 6.07) is 0. The van der Waals surface area contributed by atoms with Crippen molar-refractivity contribution in [1.29, 1.82) is 0 Å². The second kappa shape index (κ2) is 6.95. The first-order valence-corrected chi connectivity index (χ1v) is 9.04. The Labute approximate surface area is 141 Å². The Balaban J connectivity index is 0.00000161. The molecule has 4 heteroatoms. The van der Waals surface area contributed by atoms with Crippen LogP contribution in [-0.2, 0) is 0 Å². The van der Waals surface area contributed by atoms with E-state index in [1.165, 1.54) is 38.5 Å². The molecule has 0 unspecified atom stereocenters. The van der Waals surface area contributed by atoms with Crippen molar-refractivity contribution in [2.45, 2.75) is 63.9 Å². The van der Waals surface area contributed by atoms with E-state index in [4.69, 9.17) is 11.6 Å². The van der Waals surface area contributed by atoms with Gasteiger partial charge < -0.3 is 10.0 Å². The molecule has 0 aliphatic heterocycles. The summed E-state index contributed by atoms with van der Waals surface area (Å²) in [5.41, 5.74) is 0.161. The van der Waals surface area contributed by atoms with Crippen LogP contribution >= 0.6 is 24.0 Å². The lowest BCUT2D eigenvalue weighted by atomic mass is 9.48. The van der Waals surface area contributed by atoms with Crippen LogP contribution in [-0.4, -0.2) is 41.1 Å². The molecule has 0 amide bonds. The molecule has 0 aromatic carbocycles. The maximum atomic E-state index is 11.0. The number of hydrogen-bond donors (Lipinski definition) is 1. The average molecular weight is 336 g/mol. The molecule has 4 bridgehead atoms. The second-order valence-corrected chi connectivity index (χ2v) is 8.29. The molecule has 0 heterocycles. The quantitative estimate of drug-likeness (QED) is 0.743. The van der Waals surface area contributed by atoms with Crippen LogP contribution in [0.1, 0.15) is 52.4 Å². The summed E-state index contributed by atoms with van der Waals surface area (Å²) in [7, 11) is 0. The Kier molecular flexibility index (Phi) is 5.90. The summed E-state index contributed by atoms with van der Waals surface area (Å²) in [4.78, 5) is 2.33. The predicted molar refractivity (Wildman–Crippen MR) is 91.3 cm³/mol. The van der Waals surface area contributed by atoms with E-state index in [9.17, 15) is 5.11 Å². The minimum Gasteiger partial charge on any atom is -0.391 e. The molecule has 2 atom stereocenters. The first-order valence-electron chi connectivity index (χ1n) is 8.60. The molecule has 0 aromatic rings. The number of halogens is 2. The normalized spacial score (nSPS) is 40.1. The SMILES string of the molecule is CCN(CC)C[C@H](Cl)[C@H](O)C12CC3CC(CC(C3)C1)C2.Cl. The lowest BCUT2D eigenvalue weighted by Gasteiger charge is -2.59. The molecule has 4 fully saturated rings. The van der Waals surface area contributed by atoms with Gasteiger partial charge in [-0.1, -0.05) is 13.8 Å². The molecule has 0 aromatic heterocycles. The van der Waals surface area contributed by atoms with Crippen LogP contribution in [0.2, 0.25) is 0 Å². The molecule has 2 nitrogen and oxygen atoms in total. The Bertz CT molecular complexity index is 310. The Morgan fingerprint density at radius 3 is 1.86 bits per heavy atom. The molecule has 1 N–H and O–H groups in total. The summed E-state index contributed by atoms with van der Waals surface area (Å²) in [5, 5.41) is 10.9. The number of nitrogens with zero attached hydrogens (tertiary/aromatic N) is 1. The summed E-state index contributed by atoms with van der Waals surface area (Å²) >= 11 is 6.63.